The molecular formula is C13H12N2O3S. The van der Waals surface area contributed by atoms with Gasteiger partial charge in [0.15, 0.2) is 0 Å². The zero-order chi connectivity index (χ0) is 13.8. The van der Waals surface area contributed by atoms with Crippen molar-refractivity contribution >= 4 is 17.4 Å². The lowest BCUT2D eigenvalue weighted by atomic mass is 10.2. The van der Waals surface area contributed by atoms with E-state index in [1.54, 1.807) is 6.92 Å². The van der Waals surface area contributed by atoms with Gasteiger partial charge in [0.1, 0.15) is 5.03 Å². The maximum atomic E-state index is 10.9. The molecule has 0 amide bonds. The van der Waals surface area contributed by atoms with Crippen LogP contribution in [0, 0.1) is 17.0 Å². The molecule has 98 valence electrons. The van der Waals surface area contributed by atoms with E-state index in [4.69, 9.17) is 5.11 Å². The molecule has 0 saturated carbocycles. The van der Waals surface area contributed by atoms with Gasteiger partial charge in [-0.15, -0.1) is 0 Å². The molecule has 0 unspecified atom stereocenters. The second-order valence-electron chi connectivity index (χ2n) is 3.97. The largest absolute Gasteiger partial charge is 0.392 e. The van der Waals surface area contributed by atoms with E-state index in [0.717, 1.165) is 10.5 Å². The molecule has 2 aromatic rings. The van der Waals surface area contributed by atoms with Crippen LogP contribution in [0.1, 0.15) is 11.1 Å². The van der Waals surface area contributed by atoms with Gasteiger partial charge in [0.2, 0.25) is 0 Å². The van der Waals surface area contributed by atoms with Crippen LogP contribution in [0.5, 0.6) is 0 Å². The minimum atomic E-state index is -0.407. The fourth-order valence-corrected chi connectivity index (χ4v) is 2.32. The van der Waals surface area contributed by atoms with Crippen molar-refractivity contribution in [3.8, 4) is 0 Å². The van der Waals surface area contributed by atoms with E-state index in [1.807, 2.05) is 24.3 Å². The first-order valence-corrected chi connectivity index (χ1v) is 6.40. The number of aryl methyl sites for hydroxylation is 1. The van der Waals surface area contributed by atoms with Crippen molar-refractivity contribution in [1.82, 2.24) is 4.98 Å². The summed E-state index contributed by atoms with van der Waals surface area (Å²) in [7, 11) is 0. The highest BCUT2D eigenvalue weighted by Crippen LogP contribution is 2.29. The van der Waals surface area contributed by atoms with Crippen LogP contribution in [0.25, 0.3) is 0 Å². The Morgan fingerprint density at radius 3 is 2.63 bits per heavy atom. The predicted molar refractivity (Wildman–Crippen MR) is 72.1 cm³/mol. The number of hydrogen-bond acceptors (Lipinski definition) is 5. The van der Waals surface area contributed by atoms with Gasteiger partial charge in [-0.1, -0.05) is 23.9 Å². The minimum Gasteiger partial charge on any atom is -0.392 e. The van der Waals surface area contributed by atoms with E-state index in [1.165, 1.54) is 24.0 Å². The number of pyridine rings is 1. The summed E-state index contributed by atoms with van der Waals surface area (Å²) < 4.78 is 0. The molecule has 1 aromatic heterocycles. The zero-order valence-electron chi connectivity index (χ0n) is 10.2. The van der Waals surface area contributed by atoms with Crippen LogP contribution < -0.4 is 0 Å². The number of rotatable bonds is 4. The Hall–Kier alpha value is -1.92. The normalized spacial score (nSPS) is 10.4. The fourth-order valence-electron chi connectivity index (χ4n) is 1.53. The van der Waals surface area contributed by atoms with E-state index >= 15 is 0 Å². The minimum absolute atomic E-state index is 0.000794. The molecule has 1 N–H and O–H groups in total. The third-order valence-electron chi connectivity index (χ3n) is 2.57. The van der Waals surface area contributed by atoms with Gasteiger partial charge in [-0.25, -0.2) is 4.98 Å². The van der Waals surface area contributed by atoms with Crippen molar-refractivity contribution in [3.63, 3.8) is 0 Å². The number of benzene rings is 1. The lowest BCUT2D eigenvalue weighted by molar-refractivity contribution is -0.385. The molecule has 0 aliphatic heterocycles. The Balaban J connectivity index is 2.22. The third kappa shape index (κ3) is 3.30. The van der Waals surface area contributed by atoms with Gasteiger partial charge in [-0.05, 0) is 24.6 Å². The second kappa shape index (κ2) is 5.81. The number of aliphatic hydroxyl groups is 1. The Labute approximate surface area is 114 Å². The summed E-state index contributed by atoms with van der Waals surface area (Å²) in [6.45, 7) is 1.66. The summed E-state index contributed by atoms with van der Waals surface area (Å²) >= 11 is 1.35. The summed E-state index contributed by atoms with van der Waals surface area (Å²) in [4.78, 5) is 15.5. The van der Waals surface area contributed by atoms with E-state index in [0.29, 0.717) is 10.6 Å². The highest BCUT2D eigenvalue weighted by atomic mass is 32.2. The lowest BCUT2D eigenvalue weighted by Gasteiger charge is -2.03. The highest BCUT2D eigenvalue weighted by Gasteiger charge is 2.12. The van der Waals surface area contributed by atoms with E-state index in [-0.39, 0.29) is 12.3 Å². The molecule has 0 radical (unpaired) electrons. The van der Waals surface area contributed by atoms with Crippen molar-refractivity contribution in [2.24, 2.45) is 0 Å². The Kier molecular flexibility index (Phi) is 4.13. The van der Waals surface area contributed by atoms with Gasteiger partial charge >= 0.3 is 0 Å². The molecule has 0 aliphatic carbocycles. The summed E-state index contributed by atoms with van der Waals surface area (Å²) in [6.07, 6.45) is 1.50. The Morgan fingerprint density at radius 2 is 2.05 bits per heavy atom. The van der Waals surface area contributed by atoms with E-state index in [9.17, 15) is 10.1 Å². The standard InChI is InChI=1S/C13H12N2O3S/c1-9-7-14-13(6-12(9)15(17)18)19-11-4-2-10(8-16)3-5-11/h2-7,16H,8H2,1H3. The third-order valence-corrected chi connectivity index (χ3v) is 3.51. The monoisotopic (exact) mass is 276 g/mol. The SMILES string of the molecule is Cc1cnc(Sc2ccc(CO)cc2)cc1[N+](=O)[O-]. The van der Waals surface area contributed by atoms with Gasteiger partial charge in [0.25, 0.3) is 5.69 Å². The average molecular weight is 276 g/mol. The lowest BCUT2D eigenvalue weighted by Crippen LogP contribution is -1.93. The number of nitro groups is 1. The molecule has 2 rings (SSSR count). The van der Waals surface area contributed by atoms with Crippen molar-refractivity contribution in [3.05, 3.63) is 57.8 Å². The summed E-state index contributed by atoms with van der Waals surface area (Å²) in [6, 6.07) is 8.79. The first kappa shape index (κ1) is 13.5. The first-order chi connectivity index (χ1) is 9.10. The Bertz CT molecular complexity index is 599. The van der Waals surface area contributed by atoms with E-state index < -0.39 is 4.92 Å². The molecule has 0 aliphatic rings. The number of nitrogens with zero attached hydrogens (tertiary/aromatic N) is 2. The van der Waals surface area contributed by atoms with Gasteiger partial charge in [0, 0.05) is 22.7 Å². The molecular weight excluding hydrogens is 264 g/mol. The quantitative estimate of drug-likeness (QED) is 0.686. The molecule has 1 heterocycles. The molecule has 5 nitrogen and oxygen atoms in total. The number of aromatic nitrogens is 1. The van der Waals surface area contributed by atoms with Crippen LogP contribution in [0.2, 0.25) is 0 Å². The van der Waals surface area contributed by atoms with Crippen molar-refractivity contribution in [2.45, 2.75) is 23.5 Å². The number of aliphatic hydroxyl groups excluding tert-OH is 1. The summed E-state index contributed by atoms with van der Waals surface area (Å²) in [5, 5.41) is 20.4. The van der Waals surface area contributed by atoms with Gasteiger partial charge in [-0.2, -0.15) is 0 Å². The predicted octanol–water partition coefficient (Wildman–Crippen LogP) is 2.94. The smallest absolute Gasteiger partial charge is 0.276 e. The van der Waals surface area contributed by atoms with Crippen molar-refractivity contribution < 1.29 is 10.0 Å². The van der Waals surface area contributed by atoms with Crippen LogP contribution >= 0.6 is 11.8 Å². The summed E-state index contributed by atoms with van der Waals surface area (Å²) in [5.74, 6) is 0. The molecule has 0 fully saturated rings. The molecule has 0 atom stereocenters. The van der Waals surface area contributed by atoms with Crippen molar-refractivity contribution in [2.75, 3.05) is 0 Å². The zero-order valence-corrected chi connectivity index (χ0v) is 11.1. The van der Waals surface area contributed by atoms with Crippen LogP contribution in [0.4, 0.5) is 5.69 Å². The first-order valence-electron chi connectivity index (χ1n) is 5.59. The van der Waals surface area contributed by atoms with Crippen molar-refractivity contribution in [1.29, 1.82) is 0 Å². The summed E-state index contributed by atoms with van der Waals surface area (Å²) in [5.41, 5.74) is 1.45. The second-order valence-corrected chi connectivity index (χ2v) is 5.06. The maximum Gasteiger partial charge on any atom is 0.276 e. The van der Waals surface area contributed by atoms with Gasteiger partial charge in [0.05, 0.1) is 11.5 Å². The highest BCUT2D eigenvalue weighted by molar-refractivity contribution is 7.99. The van der Waals surface area contributed by atoms with Crippen LogP contribution in [-0.4, -0.2) is 15.0 Å². The van der Waals surface area contributed by atoms with Crippen LogP contribution in [0.15, 0.2) is 46.5 Å². The van der Waals surface area contributed by atoms with Crippen LogP contribution in [-0.2, 0) is 6.61 Å². The van der Waals surface area contributed by atoms with Crippen LogP contribution in [0.3, 0.4) is 0 Å². The number of hydrogen-bond donors (Lipinski definition) is 1. The topological polar surface area (TPSA) is 76.3 Å². The molecule has 0 bridgehead atoms. The van der Waals surface area contributed by atoms with Gasteiger partial charge in [-0.3, -0.25) is 10.1 Å². The van der Waals surface area contributed by atoms with Gasteiger partial charge < -0.3 is 5.11 Å². The molecule has 6 heteroatoms. The van der Waals surface area contributed by atoms with E-state index in [2.05, 4.69) is 4.98 Å². The average Bonchev–Trinajstić information content (AvgIpc) is 2.41. The molecule has 0 spiro atoms. The fraction of sp³-hybridized carbons (Fsp3) is 0.154. The molecule has 0 saturated heterocycles. The maximum absolute atomic E-state index is 10.9. The Morgan fingerprint density at radius 1 is 1.37 bits per heavy atom. The molecule has 19 heavy (non-hydrogen) atoms. The molecule has 1 aromatic carbocycles.